The fourth-order valence-electron chi connectivity index (χ4n) is 5.43. The van der Waals surface area contributed by atoms with Crippen molar-refractivity contribution in [2.75, 3.05) is 0 Å². The van der Waals surface area contributed by atoms with Gasteiger partial charge in [0.1, 0.15) is 0 Å². The molecule has 0 saturated heterocycles. The van der Waals surface area contributed by atoms with Gasteiger partial charge in [-0.2, -0.15) is 0 Å². The molecule has 1 atom stereocenters. The van der Waals surface area contributed by atoms with Crippen molar-refractivity contribution < 1.29 is 48.5 Å². The largest absolute Gasteiger partial charge is 0 e. The Labute approximate surface area is 281 Å². The van der Waals surface area contributed by atoms with E-state index in [2.05, 4.69) is 166 Å². The first-order chi connectivity index (χ1) is 20.3. The molecule has 0 bridgehead atoms. The van der Waals surface area contributed by atoms with Crippen molar-refractivity contribution in [1.82, 2.24) is 0 Å². The summed E-state index contributed by atoms with van der Waals surface area (Å²) in [5.41, 5.74) is 6.85. The van der Waals surface area contributed by atoms with Crippen LogP contribution in [0, 0.1) is 54.0 Å². The SMILES string of the molecule is Cc1ccc(C(c2ccc(C)cc2)(c2ccc(C)cc2)P(F)C([Si](C)(C)C)[Si](C)(C)C)cc1.[C-]#[O+].[C-]#[O+].[C-]#[O+].[C-]#[O+].[C-]#[O+].[W]. The van der Waals surface area contributed by atoms with Gasteiger partial charge in [-0.25, -0.2) is 4.20 Å². The average molecular weight is 819 g/mol. The van der Waals surface area contributed by atoms with E-state index in [1.807, 2.05) is 0 Å². The maximum absolute atomic E-state index is 17.9. The molecular weight excluding hydrogens is 778 g/mol. The molecule has 5 nitrogen and oxygen atoms in total. The molecule has 44 heavy (non-hydrogen) atoms. The molecular formula is C34H40FO5PSi2W. The van der Waals surface area contributed by atoms with E-state index < -0.39 is 29.5 Å². The van der Waals surface area contributed by atoms with E-state index in [4.69, 9.17) is 23.3 Å². The Bertz CT molecular complexity index is 1150. The first kappa shape index (κ1) is 48.7. The normalized spacial score (nSPS) is 10.7. The van der Waals surface area contributed by atoms with Crippen LogP contribution in [0.3, 0.4) is 0 Å². The molecule has 0 heterocycles. The summed E-state index contributed by atoms with van der Waals surface area (Å²) in [6.07, 6.45) is 0. The molecule has 0 spiro atoms. The van der Waals surface area contributed by atoms with Gasteiger partial charge >= 0.3 is 56.5 Å². The molecule has 10 heteroatoms. The van der Waals surface area contributed by atoms with Crippen LogP contribution >= 0.6 is 8.23 Å². The van der Waals surface area contributed by atoms with Crippen molar-refractivity contribution in [1.29, 1.82) is 0 Å². The van der Waals surface area contributed by atoms with Crippen molar-refractivity contribution >= 4 is 24.4 Å². The van der Waals surface area contributed by atoms with Crippen LogP contribution in [0.25, 0.3) is 0 Å². The van der Waals surface area contributed by atoms with Crippen molar-refractivity contribution in [3.63, 3.8) is 0 Å². The van der Waals surface area contributed by atoms with E-state index in [1.54, 1.807) is 0 Å². The minimum Gasteiger partial charge on any atom is 0 e. The van der Waals surface area contributed by atoms with Gasteiger partial charge in [0.2, 0.25) is 0 Å². The number of hydrogen-bond acceptors (Lipinski definition) is 0. The van der Waals surface area contributed by atoms with Gasteiger partial charge in [-0.05, 0) is 42.4 Å². The molecule has 3 rings (SSSR count). The number of aryl methyl sites for hydroxylation is 3. The maximum Gasteiger partial charge on any atom is 0 e. The van der Waals surface area contributed by atoms with Gasteiger partial charge in [0, 0.05) is 21.1 Å². The zero-order chi connectivity index (χ0) is 34.6. The molecule has 0 aromatic heterocycles. The van der Waals surface area contributed by atoms with Crippen LogP contribution in [-0.2, 0) is 49.5 Å². The maximum atomic E-state index is 17.9. The topological polar surface area (TPSA) is 99.5 Å². The van der Waals surface area contributed by atoms with E-state index >= 15 is 4.20 Å². The fraction of sp³-hybridized carbons (Fsp3) is 0.324. The molecule has 0 fully saturated rings. The third-order valence-electron chi connectivity index (χ3n) is 6.60. The Morgan fingerprint density at radius 1 is 0.500 bits per heavy atom. The first-order valence-electron chi connectivity index (χ1n) is 13.0. The molecule has 3 aromatic carbocycles. The Morgan fingerprint density at radius 3 is 0.841 bits per heavy atom. The zero-order valence-corrected chi connectivity index (χ0v) is 32.6. The molecule has 0 amide bonds. The summed E-state index contributed by atoms with van der Waals surface area (Å²) >= 11 is 0. The zero-order valence-electron chi connectivity index (χ0n) is 26.8. The van der Waals surface area contributed by atoms with Gasteiger partial charge in [-0.15, -0.1) is 0 Å². The van der Waals surface area contributed by atoms with Crippen LogP contribution in [0.2, 0.25) is 39.3 Å². The van der Waals surface area contributed by atoms with Gasteiger partial charge in [0.25, 0.3) is 0 Å². The average Bonchev–Trinajstić information content (AvgIpc) is 3.00. The Morgan fingerprint density at radius 2 is 0.682 bits per heavy atom. The summed E-state index contributed by atoms with van der Waals surface area (Å²) in [5.74, 6) is 0. The van der Waals surface area contributed by atoms with Crippen molar-refractivity contribution in [3.8, 4) is 0 Å². The molecule has 0 saturated carbocycles. The van der Waals surface area contributed by atoms with Gasteiger partial charge in [0.05, 0.1) is 29.5 Å². The predicted molar refractivity (Wildman–Crippen MR) is 172 cm³/mol. The molecule has 1 unspecified atom stereocenters. The van der Waals surface area contributed by atoms with Gasteiger partial charge in [0.15, 0.2) is 0 Å². The summed E-state index contributed by atoms with van der Waals surface area (Å²) in [4.78, 5) is 0.156. The van der Waals surface area contributed by atoms with E-state index in [0.717, 1.165) is 16.7 Å². The third-order valence-corrected chi connectivity index (χ3v) is 22.9. The molecule has 0 N–H and O–H groups in total. The fourth-order valence-corrected chi connectivity index (χ4v) is 24.0. The number of benzene rings is 3. The summed E-state index contributed by atoms with van der Waals surface area (Å²) in [6.45, 7) is 43.0. The predicted octanol–water partition coefficient (Wildman–Crippen LogP) is 9.20. The molecule has 3 aromatic rings. The Kier molecular flexibility index (Phi) is 26.7. The van der Waals surface area contributed by atoms with Crippen LogP contribution in [0.15, 0.2) is 72.8 Å². The molecule has 0 aliphatic heterocycles. The van der Waals surface area contributed by atoms with E-state index in [1.165, 1.54) is 16.7 Å². The van der Waals surface area contributed by atoms with E-state index in [0.29, 0.717) is 0 Å². The van der Waals surface area contributed by atoms with Gasteiger partial charge in [-0.3, -0.25) is 0 Å². The number of halogens is 1. The second kappa shape index (κ2) is 24.1. The van der Waals surface area contributed by atoms with Crippen LogP contribution in [-0.4, -0.2) is 21.1 Å². The van der Waals surface area contributed by atoms with Crippen molar-refractivity contribution in [3.05, 3.63) is 139 Å². The molecule has 232 valence electrons. The summed E-state index contributed by atoms with van der Waals surface area (Å²) in [6, 6.07) is 25.9. The second-order valence-corrected chi connectivity index (χ2v) is 25.7. The second-order valence-electron chi connectivity index (χ2n) is 11.8. The summed E-state index contributed by atoms with van der Waals surface area (Å²) < 4.78 is 55.4. The molecule has 0 aliphatic rings. The van der Waals surface area contributed by atoms with E-state index in [9.17, 15) is 0 Å². The molecule has 0 aliphatic carbocycles. The first-order valence-corrected chi connectivity index (χ1v) is 21.4. The summed E-state index contributed by atoms with van der Waals surface area (Å²) in [5, 5.41) is -0.782. The molecule has 0 radical (unpaired) electrons. The van der Waals surface area contributed by atoms with Crippen LogP contribution in [0.5, 0.6) is 0 Å². The smallest absolute Gasteiger partial charge is 0 e. The van der Waals surface area contributed by atoms with Crippen LogP contribution in [0.1, 0.15) is 33.4 Å². The number of rotatable bonds is 7. The van der Waals surface area contributed by atoms with Gasteiger partial charge in [-0.1, -0.05) is 129 Å². The standard InChI is InChI=1S/C29H40FPSi2.5CO.W/c1-22-10-16-25(17-11-22)29(26-18-12-23(2)13-19-26,27-20-14-24(3)15-21-27)31(30)28(32(4,5)6)33(7,8)9;5*1-2;/h10-21,28H,1-9H3;;;;;;. The minimum atomic E-state index is -1.90. The minimum absolute atomic E-state index is 0. The Balaban J connectivity index is -0.000000660. The quantitative estimate of drug-likeness (QED) is 0.0747. The van der Waals surface area contributed by atoms with Crippen LogP contribution < -0.4 is 0 Å². The summed E-state index contributed by atoms with van der Waals surface area (Å²) in [7, 11) is -5.52. The van der Waals surface area contributed by atoms with Crippen LogP contribution in [0.4, 0.5) is 4.20 Å². The van der Waals surface area contributed by atoms with Crippen molar-refractivity contribution in [2.24, 2.45) is 0 Å². The Hall–Kier alpha value is -2.16. The monoisotopic (exact) mass is 818 g/mol. The van der Waals surface area contributed by atoms with Gasteiger partial charge < -0.3 is 0 Å². The number of hydrogen-bond donors (Lipinski definition) is 0. The third kappa shape index (κ3) is 13.1. The van der Waals surface area contributed by atoms with Crippen molar-refractivity contribution in [2.45, 2.75) is 70.1 Å². The van der Waals surface area contributed by atoms with E-state index in [-0.39, 0.29) is 26.0 Å².